The molecule has 0 saturated carbocycles. The van der Waals surface area contributed by atoms with Crippen LogP contribution in [0.5, 0.6) is 0 Å². The fourth-order valence-corrected chi connectivity index (χ4v) is 2.22. The lowest BCUT2D eigenvalue weighted by molar-refractivity contribution is 0.0231. The van der Waals surface area contributed by atoms with E-state index in [1.165, 1.54) is 0 Å². The number of aromatic amines is 2. The predicted octanol–water partition coefficient (Wildman–Crippen LogP) is 1.29. The van der Waals surface area contributed by atoms with Crippen molar-refractivity contribution in [2.75, 3.05) is 20.3 Å². The predicted molar refractivity (Wildman–Crippen MR) is 82.5 cm³/mol. The van der Waals surface area contributed by atoms with E-state index in [2.05, 4.69) is 15.3 Å². The minimum atomic E-state index is -0.809. The number of imidazole rings is 1. The number of hydrogen-bond donors (Lipinski definition) is 4. The van der Waals surface area contributed by atoms with E-state index in [1.807, 2.05) is 25.1 Å². The van der Waals surface area contributed by atoms with Crippen molar-refractivity contribution in [1.29, 1.82) is 0 Å². The summed E-state index contributed by atoms with van der Waals surface area (Å²) >= 11 is 0. The lowest BCUT2D eigenvalue weighted by Gasteiger charge is -2.26. The van der Waals surface area contributed by atoms with Crippen molar-refractivity contribution in [2.45, 2.75) is 31.9 Å². The van der Waals surface area contributed by atoms with Gasteiger partial charge in [-0.15, -0.1) is 0 Å². The molecule has 0 aliphatic carbocycles. The summed E-state index contributed by atoms with van der Waals surface area (Å²) in [5.74, 6) is 0. The summed E-state index contributed by atoms with van der Waals surface area (Å²) in [4.78, 5) is 16.7. The number of methoxy groups -OCH3 is 1. The molecule has 0 saturated heterocycles. The van der Waals surface area contributed by atoms with Crippen LogP contribution in [0, 0.1) is 0 Å². The van der Waals surface area contributed by atoms with Crippen LogP contribution in [-0.4, -0.2) is 40.9 Å². The van der Waals surface area contributed by atoms with Crippen LogP contribution in [0.2, 0.25) is 0 Å². The Labute approximate surface area is 123 Å². The van der Waals surface area contributed by atoms with Crippen molar-refractivity contribution >= 4 is 11.0 Å². The van der Waals surface area contributed by atoms with E-state index < -0.39 is 5.60 Å². The van der Waals surface area contributed by atoms with Gasteiger partial charge in [0, 0.05) is 32.7 Å². The molecule has 1 aromatic heterocycles. The largest absolute Gasteiger partial charge is 0.389 e. The van der Waals surface area contributed by atoms with Gasteiger partial charge in [-0.05, 0) is 31.5 Å². The van der Waals surface area contributed by atoms with Gasteiger partial charge in [0.1, 0.15) is 0 Å². The summed E-state index contributed by atoms with van der Waals surface area (Å²) in [5.41, 5.74) is 1.63. The standard InChI is InChI=1S/C15H23N3O3/c1-10(16-9-15(2,20)6-7-21-3)11-4-5-12-13(8-11)18-14(19)17-12/h4-5,8,10,16,20H,6-7,9H2,1-3H3,(H2,17,18,19). The summed E-state index contributed by atoms with van der Waals surface area (Å²) < 4.78 is 4.99. The zero-order valence-electron chi connectivity index (χ0n) is 12.7. The monoisotopic (exact) mass is 293 g/mol. The molecule has 1 aromatic carbocycles. The number of aromatic nitrogens is 2. The van der Waals surface area contributed by atoms with Gasteiger partial charge < -0.3 is 25.1 Å². The van der Waals surface area contributed by atoms with E-state index in [1.54, 1.807) is 14.0 Å². The van der Waals surface area contributed by atoms with Gasteiger partial charge in [0.25, 0.3) is 0 Å². The Kier molecular flexibility index (Phi) is 4.82. The van der Waals surface area contributed by atoms with Crippen LogP contribution in [0.3, 0.4) is 0 Å². The average Bonchev–Trinajstić information content (AvgIpc) is 2.81. The molecule has 0 aliphatic rings. The Morgan fingerprint density at radius 1 is 1.38 bits per heavy atom. The van der Waals surface area contributed by atoms with E-state index >= 15 is 0 Å². The van der Waals surface area contributed by atoms with Crippen LogP contribution in [0.25, 0.3) is 11.0 Å². The molecule has 0 aliphatic heterocycles. The summed E-state index contributed by atoms with van der Waals surface area (Å²) in [6.45, 7) is 4.82. The number of fused-ring (bicyclic) bond motifs is 1. The molecule has 0 fully saturated rings. The molecule has 6 heteroatoms. The Balaban J connectivity index is 2.01. The van der Waals surface area contributed by atoms with Gasteiger partial charge in [0.2, 0.25) is 0 Å². The first kappa shape index (κ1) is 15.8. The third-order valence-electron chi connectivity index (χ3n) is 3.67. The maximum absolute atomic E-state index is 11.3. The Hall–Kier alpha value is -1.63. The molecule has 2 unspecified atom stereocenters. The molecule has 2 rings (SSSR count). The Morgan fingerprint density at radius 2 is 2.10 bits per heavy atom. The van der Waals surface area contributed by atoms with Crippen LogP contribution >= 0.6 is 0 Å². The van der Waals surface area contributed by atoms with Gasteiger partial charge in [0.05, 0.1) is 16.6 Å². The Bertz CT molecular complexity index is 645. The second-order valence-electron chi connectivity index (χ2n) is 5.73. The highest BCUT2D eigenvalue weighted by Gasteiger charge is 2.21. The van der Waals surface area contributed by atoms with Crippen LogP contribution in [-0.2, 0) is 4.74 Å². The lowest BCUT2D eigenvalue weighted by atomic mass is 10.0. The average molecular weight is 293 g/mol. The molecule has 4 N–H and O–H groups in total. The van der Waals surface area contributed by atoms with Crippen molar-refractivity contribution in [3.8, 4) is 0 Å². The molecule has 0 bridgehead atoms. The van der Waals surface area contributed by atoms with Crippen LogP contribution in [0.1, 0.15) is 31.9 Å². The van der Waals surface area contributed by atoms with E-state index in [9.17, 15) is 9.90 Å². The molecule has 0 amide bonds. The second-order valence-corrected chi connectivity index (χ2v) is 5.73. The van der Waals surface area contributed by atoms with Crippen molar-refractivity contribution in [1.82, 2.24) is 15.3 Å². The van der Waals surface area contributed by atoms with Gasteiger partial charge >= 0.3 is 5.69 Å². The molecule has 0 spiro atoms. The van der Waals surface area contributed by atoms with Crippen molar-refractivity contribution in [3.05, 3.63) is 34.2 Å². The topological polar surface area (TPSA) is 90.1 Å². The number of ether oxygens (including phenoxy) is 1. The fourth-order valence-electron chi connectivity index (χ4n) is 2.22. The molecule has 116 valence electrons. The minimum Gasteiger partial charge on any atom is -0.389 e. The highest BCUT2D eigenvalue weighted by molar-refractivity contribution is 5.75. The SMILES string of the molecule is COCCC(C)(O)CNC(C)c1ccc2[nH]c(=O)[nH]c2c1. The number of hydrogen-bond acceptors (Lipinski definition) is 4. The van der Waals surface area contributed by atoms with E-state index in [0.717, 1.165) is 16.6 Å². The zero-order valence-corrected chi connectivity index (χ0v) is 12.7. The maximum Gasteiger partial charge on any atom is 0.323 e. The number of benzene rings is 1. The molecular weight excluding hydrogens is 270 g/mol. The van der Waals surface area contributed by atoms with Crippen molar-refractivity contribution < 1.29 is 9.84 Å². The van der Waals surface area contributed by atoms with Gasteiger partial charge in [-0.2, -0.15) is 0 Å². The zero-order chi connectivity index (χ0) is 15.5. The summed E-state index contributed by atoms with van der Waals surface area (Å²) in [5, 5.41) is 13.5. The quantitative estimate of drug-likeness (QED) is 0.619. The van der Waals surface area contributed by atoms with Crippen LogP contribution < -0.4 is 11.0 Å². The first-order valence-corrected chi connectivity index (χ1v) is 7.08. The van der Waals surface area contributed by atoms with Crippen LogP contribution in [0.4, 0.5) is 0 Å². The number of nitrogens with one attached hydrogen (secondary N) is 3. The van der Waals surface area contributed by atoms with Crippen molar-refractivity contribution in [3.63, 3.8) is 0 Å². The highest BCUT2D eigenvalue weighted by atomic mass is 16.5. The van der Waals surface area contributed by atoms with Gasteiger partial charge in [-0.3, -0.25) is 0 Å². The molecule has 2 aromatic rings. The summed E-state index contributed by atoms with van der Waals surface area (Å²) in [6.07, 6.45) is 0.577. The van der Waals surface area contributed by atoms with E-state index in [4.69, 9.17) is 4.74 Å². The summed E-state index contributed by atoms with van der Waals surface area (Å²) in [6, 6.07) is 5.86. The van der Waals surface area contributed by atoms with Crippen LogP contribution in [0.15, 0.2) is 23.0 Å². The third-order valence-corrected chi connectivity index (χ3v) is 3.67. The molecular formula is C15H23N3O3. The molecule has 6 nitrogen and oxygen atoms in total. The van der Waals surface area contributed by atoms with Gasteiger partial charge in [0.15, 0.2) is 0 Å². The fraction of sp³-hybridized carbons (Fsp3) is 0.533. The third kappa shape index (κ3) is 4.17. The van der Waals surface area contributed by atoms with E-state index in [0.29, 0.717) is 19.6 Å². The molecule has 2 atom stereocenters. The Morgan fingerprint density at radius 3 is 2.81 bits per heavy atom. The molecule has 1 heterocycles. The number of H-pyrrole nitrogens is 2. The normalized spacial score (nSPS) is 16.0. The first-order chi connectivity index (χ1) is 9.91. The minimum absolute atomic E-state index is 0.0711. The van der Waals surface area contributed by atoms with Crippen molar-refractivity contribution in [2.24, 2.45) is 0 Å². The summed E-state index contributed by atoms with van der Waals surface area (Å²) in [7, 11) is 1.62. The van der Waals surface area contributed by atoms with E-state index in [-0.39, 0.29) is 11.7 Å². The first-order valence-electron chi connectivity index (χ1n) is 7.08. The van der Waals surface area contributed by atoms with Gasteiger partial charge in [-0.1, -0.05) is 6.07 Å². The maximum atomic E-state index is 11.3. The molecule has 0 radical (unpaired) electrons. The lowest BCUT2D eigenvalue weighted by Crippen LogP contribution is -2.39. The number of aliphatic hydroxyl groups is 1. The molecule has 21 heavy (non-hydrogen) atoms. The second kappa shape index (κ2) is 6.43. The number of rotatable bonds is 7. The van der Waals surface area contributed by atoms with Gasteiger partial charge in [-0.25, -0.2) is 4.79 Å². The highest BCUT2D eigenvalue weighted by Crippen LogP contribution is 2.18. The smallest absolute Gasteiger partial charge is 0.323 e.